The molecule has 6 nitrogen and oxygen atoms in total. The fourth-order valence-electron chi connectivity index (χ4n) is 2.18. The molecule has 0 saturated heterocycles. The third-order valence-corrected chi connectivity index (χ3v) is 5.31. The lowest BCUT2D eigenvalue weighted by atomic mass is 10.2. The van der Waals surface area contributed by atoms with E-state index in [4.69, 9.17) is 29.0 Å². The Hall–Kier alpha value is -2.22. The summed E-state index contributed by atoms with van der Waals surface area (Å²) in [4.78, 5) is 0. The molecule has 0 aliphatic heterocycles. The first kappa shape index (κ1) is 18.6. The Morgan fingerprint density at radius 3 is 2.85 bits per heavy atom. The Morgan fingerprint density at radius 2 is 2.04 bits per heavy atom. The summed E-state index contributed by atoms with van der Waals surface area (Å²) in [6, 6.07) is 13.6. The lowest BCUT2D eigenvalue weighted by Gasteiger charge is -2.04. The van der Waals surface area contributed by atoms with Crippen LogP contribution < -0.4 is 11.3 Å². The van der Waals surface area contributed by atoms with Gasteiger partial charge in [-0.05, 0) is 18.6 Å². The largest absolute Gasteiger partial charge is 0.334 e. The smallest absolute Gasteiger partial charge is 0.264 e. The first-order valence-electron chi connectivity index (χ1n) is 7.66. The minimum atomic E-state index is 0.325. The molecule has 0 aliphatic rings. The molecule has 2 aromatic carbocycles. The van der Waals surface area contributed by atoms with Crippen LogP contribution in [-0.2, 0) is 5.75 Å². The highest BCUT2D eigenvalue weighted by molar-refractivity contribution is 7.98. The first-order chi connectivity index (χ1) is 12.5. The van der Waals surface area contributed by atoms with Gasteiger partial charge in [0.25, 0.3) is 5.95 Å². The molecule has 0 amide bonds. The van der Waals surface area contributed by atoms with E-state index in [1.54, 1.807) is 24.4 Å². The molecule has 0 radical (unpaired) electrons. The number of benzene rings is 2. The topological polar surface area (TPSA) is 81.1 Å². The SMILES string of the molecule is Cc1cccc(CSc2nnc(N/N=C/c3cccc(Cl)c3Cl)n2N)c1. The summed E-state index contributed by atoms with van der Waals surface area (Å²) >= 11 is 13.6. The van der Waals surface area contributed by atoms with Crippen molar-refractivity contribution in [3.8, 4) is 0 Å². The minimum Gasteiger partial charge on any atom is -0.334 e. The number of rotatable bonds is 6. The van der Waals surface area contributed by atoms with Crippen LogP contribution in [0.15, 0.2) is 52.7 Å². The summed E-state index contributed by atoms with van der Waals surface area (Å²) in [6.07, 6.45) is 1.54. The van der Waals surface area contributed by atoms with Crippen LogP contribution in [0.25, 0.3) is 0 Å². The molecule has 9 heteroatoms. The monoisotopic (exact) mass is 406 g/mol. The average molecular weight is 407 g/mol. The average Bonchev–Trinajstić information content (AvgIpc) is 2.97. The maximum absolute atomic E-state index is 6.11. The number of anilines is 1. The van der Waals surface area contributed by atoms with Crippen molar-refractivity contribution in [3.63, 3.8) is 0 Å². The second-order valence-corrected chi connectivity index (χ2v) is 7.19. The van der Waals surface area contributed by atoms with Gasteiger partial charge in [-0.2, -0.15) is 5.10 Å². The lowest BCUT2D eigenvalue weighted by Crippen LogP contribution is -2.13. The van der Waals surface area contributed by atoms with Crippen molar-refractivity contribution >= 4 is 47.1 Å². The predicted octanol–water partition coefficient (Wildman–Crippen LogP) is 4.35. The normalized spacial score (nSPS) is 11.2. The number of hydrogen-bond donors (Lipinski definition) is 2. The van der Waals surface area contributed by atoms with Gasteiger partial charge in [0.05, 0.1) is 16.3 Å². The summed E-state index contributed by atoms with van der Waals surface area (Å²) in [5, 5.41) is 13.7. The van der Waals surface area contributed by atoms with Gasteiger partial charge in [-0.25, -0.2) is 10.1 Å². The van der Waals surface area contributed by atoms with Crippen molar-refractivity contribution in [3.05, 3.63) is 69.2 Å². The van der Waals surface area contributed by atoms with Crippen LogP contribution in [-0.4, -0.2) is 21.1 Å². The number of nitrogens with one attached hydrogen (secondary N) is 1. The van der Waals surface area contributed by atoms with Crippen LogP contribution in [0, 0.1) is 6.92 Å². The van der Waals surface area contributed by atoms with Gasteiger partial charge < -0.3 is 5.84 Å². The van der Waals surface area contributed by atoms with Crippen molar-refractivity contribution in [2.45, 2.75) is 17.8 Å². The summed E-state index contributed by atoms with van der Waals surface area (Å²) in [5.41, 5.74) is 5.85. The highest BCUT2D eigenvalue weighted by Gasteiger charge is 2.10. The molecule has 3 N–H and O–H groups in total. The second-order valence-electron chi connectivity index (χ2n) is 5.47. The zero-order valence-electron chi connectivity index (χ0n) is 13.9. The number of hydrazone groups is 1. The van der Waals surface area contributed by atoms with Gasteiger partial charge in [0.2, 0.25) is 5.16 Å². The summed E-state index contributed by atoms with van der Waals surface area (Å²) in [6.45, 7) is 2.06. The Bertz CT molecular complexity index is 941. The predicted molar refractivity (Wildman–Crippen MR) is 109 cm³/mol. The third-order valence-electron chi connectivity index (χ3n) is 3.46. The van der Waals surface area contributed by atoms with Crippen molar-refractivity contribution < 1.29 is 0 Å². The van der Waals surface area contributed by atoms with Gasteiger partial charge in [0.15, 0.2) is 0 Å². The fraction of sp³-hybridized carbons (Fsp3) is 0.118. The molecule has 0 spiro atoms. The van der Waals surface area contributed by atoms with Gasteiger partial charge in [-0.15, -0.1) is 10.2 Å². The van der Waals surface area contributed by atoms with Crippen LogP contribution in [0.2, 0.25) is 10.0 Å². The second kappa shape index (κ2) is 8.44. The van der Waals surface area contributed by atoms with Gasteiger partial charge in [-0.3, -0.25) is 0 Å². The molecule has 0 bridgehead atoms. The van der Waals surface area contributed by atoms with E-state index in [1.165, 1.54) is 27.6 Å². The number of halogens is 2. The van der Waals surface area contributed by atoms with Crippen LogP contribution in [0.4, 0.5) is 5.95 Å². The quantitative estimate of drug-likeness (QED) is 0.275. The summed E-state index contributed by atoms with van der Waals surface area (Å²) < 4.78 is 1.36. The number of aryl methyl sites for hydroxylation is 1. The molecule has 0 fully saturated rings. The molecule has 1 aromatic heterocycles. The van der Waals surface area contributed by atoms with E-state index in [-0.39, 0.29) is 0 Å². The standard InChI is InChI=1S/C17H16Cl2N6S/c1-11-4-2-5-12(8-11)10-26-17-24-23-16(25(17)20)22-21-9-13-6-3-7-14(18)15(13)19/h2-9H,10,20H2,1H3,(H,22,23)/b21-9+. The highest BCUT2D eigenvalue weighted by Crippen LogP contribution is 2.24. The zero-order chi connectivity index (χ0) is 18.5. The maximum atomic E-state index is 6.11. The molecule has 0 atom stereocenters. The van der Waals surface area contributed by atoms with E-state index in [2.05, 4.69) is 45.8 Å². The molecular formula is C17H16Cl2N6S. The fourth-order valence-corrected chi connectivity index (χ4v) is 3.34. The molecule has 0 aliphatic carbocycles. The number of aromatic nitrogens is 3. The molecule has 0 unspecified atom stereocenters. The van der Waals surface area contributed by atoms with Crippen LogP contribution in [0.3, 0.4) is 0 Å². The van der Waals surface area contributed by atoms with E-state index in [0.717, 1.165) is 5.75 Å². The van der Waals surface area contributed by atoms with Crippen LogP contribution in [0.5, 0.6) is 0 Å². The molecule has 1 heterocycles. The Balaban J connectivity index is 1.63. The molecule has 3 rings (SSSR count). The number of thioether (sulfide) groups is 1. The highest BCUT2D eigenvalue weighted by atomic mass is 35.5. The van der Waals surface area contributed by atoms with E-state index in [1.807, 2.05) is 6.07 Å². The molecule has 134 valence electrons. The summed E-state index contributed by atoms with van der Waals surface area (Å²) in [5.74, 6) is 7.09. The van der Waals surface area contributed by atoms with E-state index in [0.29, 0.717) is 26.7 Å². The van der Waals surface area contributed by atoms with Crippen molar-refractivity contribution in [1.29, 1.82) is 0 Å². The lowest BCUT2D eigenvalue weighted by molar-refractivity contribution is 0.847. The zero-order valence-corrected chi connectivity index (χ0v) is 16.2. The number of nitrogen functional groups attached to an aromatic ring is 1. The van der Waals surface area contributed by atoms with Crippen LogP contribution >= 0.6 is 35.0 Å². The van der Waals surface area contributed by atoms with Gasteiger partial charge in [-0.1, -0.05) is 76.9 Å². The van der Waals surface area contributed by atoms with Gasteiger partial charge in [0, 0.05) is 11.3 Å². The van der Waals surface area contributed by atoms with Crippen molar-refractivity contribution in [1.82, 2.24) is 14.9 Å². The Labute approximate surface area is 165 Å². The number of hydrogen-bond acceptors (Lipinski definition) is 6. The molecular weight excluding hydrogens is 391 g/mol. The third kappa shape index (κ3) is 4.49. The van der Waals surface area contributed by atoms with E-state index in [9.17, 15) is 0 Å². The van der Waals surface area contributed by atoms with Crippen LogP contribution in [0.1, 0.15) is 16.7 Å². The minimum absolute atomic E-state index is 0.325. The number of nitrogens with two attached hydrogens (primary N) is 1. The van der Waals surface area contributed by atoms with Crippen molar-refractivity contribution in [2.75, 3.05) is 11.3 Å². The Morgan fingerprint density at radius 1 is 1.23 bits per heavy atom. The molecule has 0 saturated carbocycles. The molecule has 3 aromatic rings. The van der Waals surface area contributed by atoms with Gasteiger partial charge in [0.1, 0.15) is 0 Å². The van der Waals surface area contributed by atoms with E-state index < -0.39 is 0 Å². The first-order valence-corrected chi connectivity index (χ1v) is 9.40. The van der Waals surface area contributed by atoms with Crippen molar-refractivity contribution in [2.24, 2.45) is 5.10 Å². The molecule has 26 heavy (non-hydrogen) atoms. The van der Waals surface area contributed by atoms with Gasteiger partial charge >= 0.3 is 0 Å². The Kier molecular flexibility index (Phi) is 6.03. The maximum Gasteiger partial charge on any atom is 0.264 e. The number of nitrogens with zero attached hydrogens (tertiary/aromatic N) is 4. The van der Waals surface area contributed by atoms with E-state index >= 15 is 0 Å². The summed E-state index contributed by atoms with van der Waals surface area (Å²) in [7, 11) is 0.